The van der Waals surface area contributed by atoms with E-state index in [0.29, 0.717) is 30.3 Å². The third kappa shape index (κ3) is 2.85. The first kappa shape index (κ1) is 15.6. The molecule has 130 valence electrons. The predicted octanol–water partition coefficient (Wildman–Crippen LogP) is 1.95. The predicted molar refractivity (Wildman–Crippen MR) is 92.1 cm³/mol. The second kappa shape index (κ2) is 6.56. The third-order valence-electron chi connectivity index (χ3n) is 4.35. The van der Waals surface area contributed by atoms with E-state index >= 15 is 0 Å². The number of hydrogen-bond acceptors (Lipinski definition) is 7. The van der Waals surface area contributed by atoms with Crippen molar-refractivity contribution in [3.63, 3.8) is 0 Å². The van der Waals surface area contributed by atoms with Crippen LogP contribution in [0.5, 0.6) is 11.5 Å². The molecule has 0 bridgehead atoms. The van der Waals surface area contributed by atoms with Gasteiger partial charge in [-0.1, -0.05) is 6.07 Å². The molecule has 8 nitrogen and oxygen atoms in total. The molecular weight excluding hydrogens is 322 g/mol. The molecule has 3 aromatic rings. The van der Waals surface area contributed by atoms with Crippen LogP contribution < -0.4 is 14.4 Å². The molecule has 1 N–H and O–H groups in total. The summed E-state index contributed by atoms with van der Waals surface area (Å²) in [6, 6.07) is 5.86. The first-order valence-electron chi connectivity index (χ1n) is 8.02. The van der Waals surface area contributed by atoms with Gasteiger partial charge in [0.05, 0.1) is 27.2 Å². The van der Waals surface area contributed by atoms with Gasteiger partial charge in [-0.05, 0) is 17.7 Å². The summed E-state index contributed by atoms with van der Waals surface area (Å²) in [5.41, 5.74) is 2.55. The summed E-state index contributed by atoms with van der Waals surface area (Å²) in [7, 11) is 3.26. The number of aromatic nitrogens is 4. The lowest BCUT2D eigenvalue weighted by atomic mass is 10.1. The Morgan fingerprint density at radius 3 is 2.88 bits per heavy atom. The van der Waals surface area contributed by atoms with Crippen LogP contribution in [-0.4, -0.2) is 53.9 Å². The number of aromatic amines is 1. The Bertz CT molecular complexity index is 882. The molecule has 1 atom stereocenters. The largest absolute Gasteiger partial charge is 0.493 e. The molecule has 3 heterocycles. The lowest BCUT2D eigenvalue weighted by Gasteiger charge is -2.34. The normalized spacial score (nSPS) is 17.7. The van der Waals surface area contributed by atoms with Gasteiger partial charge >= 0.3 is 0 Å². The van der Waals surface area contributed by atoms with Crippen molar-refractivity contribution < 1.29 is 14.2 Å². The number of anilines is 1. The van der Waals surface area contributed by atoms with Crippen molar-refractivity contribution in [2.24, 2.45) is 0 Å². The molecule has 1 saturated heterocycles. The number of H-pyrrole nitrogens is 1. The highest BCUT2D eigenvalue weighted by molar-refractivity contribution is 5.82. The molecule has 2 aromatic heterocycles. The Balaban J connectivity index is 1.62. The van der Waals surface area contributed by atoms with Crippen LogP contribution in [0.4, 0.5) is 5.82 Å². The molecule has 1 aromatic carbocycles. The van der Waals surface area contributed by atoms with Gasteiger partial charge in [0, 0.05) is 13.1 Å². The van der Waals surface area contributed by atoms with E-state index in [4.69, 9.17) is 14.2 Å². The number of morpholine rings is 1. The van der Waals surface area contributed by atoms with Gasteiger partial charge in [0.25, 0.3) is 0 Å². The number of hydrogen-bond donors (Lipinski definition) is 1. The summed E-state index contributed by atoms with van der Waals surface area (Å²) < 4.78 is 16.7. The molecule has 1 fully saturated rings. The van der Waals surface area contributed by atoms with Crippen molar-refractivity contribution in [2.75, 3.05) is 38.8 Å². The fourth-order valence-electron chi connectivity index (χ4n) is 3.09. The number of benzene rings is 1. The van der Waals surface area contributed by atoms with Crippen LogP contribution in [-0.2, 0) is 4.74 Å². The number of imidazole rings is 1. The molecule has 0 amide bonds. The minimum absolute atomic E-state index is 0.0820. The maximum atomic E-state index is 5.98. The molecule has 8 heteroatoms. The maximum absolute atomic E-state index is 5.98. The number of methoxy groups -OCH3 is 2. The zero-order valence-corrected chi connectivity index (χ0v) is 14.1. The standard InChI is InChI=1S/C17H19N5O3/c1-23-12-4-3-11(7-13(12)24-2)14-8-22(5-6-25-14)17-15-16(19-9-18-15)20-10-21-17/h3-4,7,9-10,14H,5-6,8H2,1-2H3,(H,18,19,20,21). The van der Waals surface area contributed by atoms with Gasteiger partial charge in [0.1, 0.15) is 17.9 Å². The minimum Gasteiger partial charge on any atom is -0.493 e. The van der Waals surface area contributed by atoms with Crippen LogP contribution in [0.2, 0.25) is 0 Å². The molecule has 0 radical (unpaired) electrons. The van der Waals surface area contributed by atoms with Crippen LogP contribution in [0, 0.1) is 0 Å². The number of nitrogens with zero attached hydrogens (tertiary/aromatic N) is 4. The van der Waals surface area contributed by atoms with Crippen LogP contribution in [0.1, 0.15) is 11.7 Å². The maximum Gasteiger partial charge on any atom is 0.182 e. The van der Waals surface area contributed by atoms with Crippen LogP contribution in [0.25, 0.3) is 11.2 Å². The van der Waals surface area contributed by atoms with Gasteiger partial charge in [0.15, 0.2) is 23.0 Å². The molecule has 0 aliphatic carbocycles. The van der Waals surface area contributed by atoms with E-state index in [0.717, 1.165) is 23.4 Å². The Hall–Kier alpha value is -2.87. The SMILES string of the molecule is COc1ccc(C2CN(c3ncnc4nc[nH]c34)CCO2)cc1OC. The average Bonchev–Trinajstić information content (AvgIpc) is 3.16. The van der Waals surface area contributed by atoms with Gasteiger partial charge in [-0.3, -0.25) is 0 Å². The first-order valence-corrected chi connectivity index (χ1v) is 8.02. The zero-order chi connectivity index (χ0) is 17.2. The second-order valence-electron chi connectivity index (χ2n) is 5.72. The van der Waals surface area contributed by atoms with E-state index in [1.54, 1.807) is 26.9 Å². The van der Waals surface area contributed by atoms with E-state index < -0.39 is 0 Å². The fraction of sp³-hybridized carbons (Fsp3) is 0.353. The lowest BCUT2D eigenvalue weighted by Crippen LogP contribution is -2.39. The average molecular weight is 341 g/mol. The molecule has 0 saturated carbocycles. The quantitative estimate of drug-likeness (QED) is 0.776. The smallest absolute Gasteiger partial charge is 0.182 e. The van der Waals surface area contributed by atoms with Gasteiger partial charge in [-0.25, -0.2) is 15.0 Å². The number of fused-ring (bicyclic) bond motifs is 1. The monoisotopic (exact) mass is 341 g/mol. The Morgan fingerprint density at radius 2 is 2.04 bits per heavy atom. The third-order valence-corrected chi connectivity index (χ3v) is 4.35. The zero-order valence-electron chi connectivity index (χ0n) is 14.1. The van der Waals surface area contributed by atoms with E-state index in [-0.39, 0.29) is 6.10 Å². The van der Waals surface area contributed by atoms with Gasteiger partial charge in [-0.15, -0.1) is 0 Å². The number of nitrogens with one attached hydrogen (secondary N) is 1. The topological polar surface area (TPSA) is 85.4 Å². The summed E-state index contributed by atoms with van der Waals surface area (Å²) in [5.74, 6) is 2.24. The van der Waals surface area contributed by atoms with Crippen LogP contribution >= 0.6 is 0 Å². The highest BCUT2D eigenvalue weighted by atomic mass is 16.5. The number of rotatable bonds is 4. The van der Waals surface area contributed by atoms with Crippen molar-refractivity contribution >= 4 is 17.0 Å². The van der Waals surface area contributed by atoms with E-state index in [9.17, 15) is 0 Å². The summed E-state index contributed by atoms with van der Waals surface area (Å²) in [6.45, 7) is 2.05. The summed E-state index contributed by atoms with van der Waals surface area (Å²) >= 11 is 0. The van der Waals surface area contributed by atoms with E-state index in [2.05, 4.69) is 24.8 Å². The molecule has 1 aliphatic heterocycles. The van der Waals surface area contributed by atoms with Crippen molar-refractivity contribution in [3.8, 4) is 11.5 Å². The summed E-state index contributed by atoms with van der Waals surface area (Å²) in [6.07, 6.45) is 3.09. The Kier molecular flexibility index (Phi) is 4.10. The molecule has 1 unspecified atom stereocenters. The van der Waals surface area contributed by atoms with Gasteiger partial charge in [0.2, 0.25) is 0 Å². The molecule has 4 rings (SSSR count). The van der Waals surface area contributed by atoms with Gasteiger partial charge < -0.3 is 24.1 Å². The first-order chi connectivity index (χ1) is 12.3. The molecular formula is C17H19N5O3. The highest BCUT2D eigenvalue weighted by Gasteiger charge is 2.25. The minimum atomic E-state index is -0.0820. The summed E-state index contributed by atoms with van der Waals surface area (Å²) in [4.78, 5) is 18.1. The van der Waals surface area contributed by atoms with Crippen molar-refractivity contribution in [2.45, 2.75) is 6.10 Å². The number of ether oxygens (including phenoxy) is 3. The van der Waals surface area contributed by atoms with Crippen LogP contribution in [0.15, 0.2) is 30.9 Å². The van der Waals surface area contributed by atoms with Crippen molar-refractivity contribution in [1.29, 1.82) is 0 Å². The molecule has 25 heavy (non-hydrogen) atoms. The van der Waals surface area contributed by atoms with Gasteiger partial charge in [-0.2, -0.15) is 0 Å². The van der Waals surface area contributed by atoms with Crippen LogP contribution in [0.3, 0.4) is 0 Å². The molecule has 1 aliphatic rings. The van der Waals surface area contributed by atoms with E-state index in [1.165, 1.54) is 0 Å². The second-order valence-corrected chi connectivity index (χ2v) is 5.72. The fourth-order valence-corrected chi connectivity index (χ4v) is 3.09. The molecule has 0 spiro atoms. The lowest BCUT2D eigenvalue weighted by molar-refractivity contribution is 0.0394. The van der Waals surface area contributed by atoms with Crippen molar-refractivity contribution in [3.05, 3.63) is 36.4 Å². The van der Waals surface area contributed by atoms with E-state index in [1.807, 2.05) is 18.2 Å². The Morgan fingerprint density at radius 1 is 1.16 bits per heavy atom. The van der Waals surface area contributed by atoms with Crippen molar-refractivity contribution in [1.82, 2.24) is 19.9 Å². The highest BCUT2D eigenvalue weighted by Crippen LogP contribution is 2.33. The summed E-state index contributed by atoms with van der Waals surface area (Å²) in [5, 5.41) is 0. The Labute approximate surface area is 144 Å².